The Morgan fingerprint density at radius 2 is 1.77 bits per heavy atom. The number of nitrogens with zero attached hydrogens (tertiary/aromatic N) is 2. The van der Waals surface area contributed by atoms with Crippen LogP contribution in [-0.2, 0) is 4.79 Å². The van der Waals surface area contributed by atoms with Crippen LogP contribution in [0.4, 0.5) is 0 Å². The largest absolute Gasteiger partial charge is 0.503 e. The SMILES string of the molecule is COc1ccc(C2C(C(=O)c3ccco3)=C(O)C(=O)N2CC(c2ccccc2)N(C)C)cc1OC. The van der Waals surface area contributed by atoms with Crippen molar-refractivity contribution in [1.29, 1.82) is 0 Å². The van der Waals surface area contributed by atoms with E-state index >= 15 is 0 Å². The van der Waals surface area contributed by atoms with E-state index in [1.165, 1.54) is 31.4 Å². The predicted molar refractivity (Wildman–Crippen MR) is 130 cm³/mol. The van der Waals surface area contributed by atoms with E-state index in [-0.39, 0.29) is 23.9 Å². The Kier molecular flexibility index (Phi) is 6.93. The van der Waals surface area contributed by atoms with Crippen molar-refractivity contribution in [1.82, 2.24) is 9.80 Å². The minimum atomic E-state index is -0.855. The van der Waals surface area contributed by atoms with Gasteiger partial charge in [-0.1, -0.05) is 36.4 Å². The second-order valence-electron chi connectivity index (χ2n) is 8.43. The molecule has 1 aliphatic heterocycles. The number of furan rings is 1. The van der Waals surface area contributed by atoms with Crippen molar-refractivity contribution < 1.29 is 28.6 Å². The van der Waals surface area contributed by atoms with Crippen LogP contribution in [0.25, 0.3) is 0 Å². The van der Waals surface area contributed by atoms with Gasteiger partial charge in [-0.15, -0.1) is 0 Å². The number of carbonyl (C=O) groups excluding carboxylic acids is 2. The molecule has 2 atom stereocenters. The molecule has 1 amide bonds. The molecule has 2 heterocycles. The molecule has 0 radical (unpaired) electrons. The van der Waals surface area contributed by atoms with Crippen molar-refractivity contribution >= 4 is 11.7 Å². The number of hydrogen-bond acceptors (Lipinski definition) is 7. The van der Waals surface area contributed by atoms with E-state index in [1.54, 1.807) is 24.3 Å². The third kappa shape index (κ3) is 4.52. The molecule has 3 aromatic rings. The summed E-state index contributed by atoms with van der Waals surface area (Å²) in [7, 11) is 6.89. The Bertz CT molecular complexity index is 1230. The highest BCUT2D eigenvalue weighted by molar-refractivity contribution is 6.15. The van der Waals surface area contributed by atoms with Gasteiger partial charge in [0.05, 0.1) is 38.1 Å². The lowest BCUT2D eigenvalue weighted by molar-refractivity contribution is -0.130. The van der Waals surface area contributed by atoms with Gasteiger partial charge < -0.3 is 28.8 Å². The number of hydrogen-bond donors (Lipinski definition) is 1. The van der Waals surface area contributed by atoms with Gasteiger partial charge in [0, 0.05) is 6.54 Å². The molecule has 2 aromatic carbocycles. The fourth-order valence-electron chi connectivity index (χ4n) is 4.41. The normalized spacial score (nSPS) is 16.7. The summed E-state index contributed by atoms with van der Waals surface area (Å²) in [5.41, 5.74) is 1.56. The minimum absolute atomic E-state index is 0.0391. The lowest BCUT2D eigenvalue weighted by Crippen LogP contribution is -2.38. The summed E-state index contributed by atoms with van der Waals surface area (Å²) < 4.78 is 16.1. The topological polar surface area (TPSA) is 92.5 Å². The van der Waals surface area contributed by atoms with Gasteiger partial charge in [0.1, 0.15) is 0 Å². The molecule has 0 fully saturated rings. The maximum atomic E-state index is 13.4. The van der Waals surface area contributed by atoms with E-state index in [9.17, 15) is 14.7 Å². The van der Waals surface area contributed by atoms with Crippen molar-refractivity contribution in [2.45, 2.75) is 12.1 Å². The number of amides is 1. The second kappa shape index (κ2) is 10.1. The van der Waals surface area contributed by atoms with E-state index in [0.29, 0.717) is 17.1 Å². The molecular formula is C27H28N2O6. The number of likely N-dealkylation sites (N-methyl/N-ethyl adjacent to an activating group) is 1. The van der Waals surface area contributed by atoms with Gasteiger partial charge in [-0.05, 0) is 49.5 Å². The number of ether oxygens (including phenoxy) is 2. The van der Waals surface area contributed by atoms with Gasteiger partial charge >= 0.3 is 0 Å². The standard InChI is InChI=1S/C27H28N2O6/c1-28(2)19(17-9-6-5-7-10-17)16-29-24(18-12-13-20(33-3)22(15-18)34-4)23(26(31)27(29)32)25(30)21-11-8-14-35-21/h5-15,19,24,31H,16H2,1-4H3. The summed E-state index contributed by atoms with van der Waals surface area (Å²) in [6, 6.07) is 17.0. The van der Waals surface area contributed by atoms with Crippen LogP contribution < -0.4 is 9.47 Å². The lowest BCUT2D eigenvalue weighted by Gasteiger charge is -2.33. The Morgan fingerprint density at radius 3 is 2.37 bits per heavy atom. The number of ketones is 1. The first-order valence-electron chi connectivity index (χ1n) is 11.1. The molecule has 1 aromatic heterocycles. The summed E-state index contributed by atoms with van der Waals surface area (Å²) >= 11 is 0. The molecule has 2 unspecified atom stereocenters. The quantitative estimate of drug-likeness (QED) is 0.463. The first kappa shape index (κ1) is 24.1. The van der Waals surface area contributed by atoms with Crippen molar-refractivity contribution in [3.63, 3.8) is 0 Å². The monoisotopic (exact) mass is 476 g/mol. The van der Waals surface area contributed by atoms with Crippen LogP contribution in [0, 0.1) is 0 Å². The average Bonchev–Trinajstić information content (AvgIpc) is 3.50. The van der Waals surface area contributed by atoms with Crippen LogP contribution in [0.5, 0.6) is 11.5 Å². The molecular weight excluding hydrogens is 448 g/mol. The maximum absolute atomic E-state index is 13.4. The number of rotatable bonds is 9. The van der Waals surface area contributed by atoms with E-state index < -0.39 is 23.5 Å². The van der Waals surface area contributed by atoms with Crippen LogP contribution in [0.1, 0.15) is 33.8 Å². The van der Waals surface area contributed by atoms with Gasteiger partial charge in [-0.25, -0.2) is 0 Å². The van der Waals surface area contributed by atoms with Crippen molar-refractivity contribution in [3.8, 4) is 11.5 Å². The molecule has 0 bridgehead atoms. The molecule has 0 saturated heterocycles. The molecule has 1 aliphatic rings. The molecule has 8 heteroatoms. The van der Waals surface area contributed by atoms with Crippen molar-refractivity contribution in [3.05, 3.63) is 95.1 Å². The number of aliphatic hydroxyl groups excluding tert-OH is 1. The molecule has 0 saturated carbocycles. The van der Waals surface area contributed by atoms with E-state index in [2.05, 4.69) is 0 Å². The van der Waals surface area contributed by atoms with Gasteiger partial charge in [-0.2, -0.15) is 0 Å². The molecule has 35 heavy (non-hydrogen) atoms. The Balaban J connectivity index is 1.82. The summed E-state index contributed by atoms with van der Waals surface area (Å²) in [5, 5.41) is 10.9. The molecule has 8 nitrogen and oxygen atoms in total. The summed E-state index contributed by atoms with van der Waals surface area (Å²) in [4.78, 5) is 30.3. The molecule has 0 aliphatic carbocycles. The predicted octanol–water partition coefficient (Wildman–Crippen LogP) is 4.18. The molecule has 0 spiro atoms. The van der Waals surface area contributed by atoms with Crippen molar-refractivity contribution in [2.75, 3.05) is 34.9 Å². The number of Topliss-reactive ketones (excluding diaryl/α,β-unsaturated/α-hetero) is 1. The van der Waals surface area contributed by atoms with Crippen LogP contribution in [0.3, 0.4) is 0 Å². The highest BCUT2D eigenvalue weighted by Crippen LogP contribution is 2.42. The van der Waals surface area contributed by atoms with Gasteiger partial charge in [0.15, 0.2) is 23.0 Å². The number of methoxy groups -OCH3 is 2. The summed E-state index contributed by atoms with van der Waals surface area (Å²) in [5.74, 6) is -0.766. The molecule has 1 N–H and O–H groups in total. The zero-order valence-electron chi connectivity index (χ0n) is 20.1. The zero-order chi connectivity index (χ0) is 25.1. The third-order valence-corrected chi connectivity index (χ3v) is 6.19. The number of benzene rings is 2. The fraction of sp³-hybridized carbons (Fsp3) is 0.259. The Labute approximate surface area is 204 Å². The fourth-order valence-corrected chi connectivity index (χ4v) is 4.41. The van der Waals surface area contributed by atoms with E-state index in [4.69, 9.17) is 13.9 Å². The van der Waals surface area contributed by atoms with Crippen molar-refractivity contribution in [2.24, 2.45) is 0 Å². The maximum Gasteiger partial charge on any atom is 0.290 e. The smallest absolute Gasteiger partial charge is 0.290 e. The van der Waals surface area contributed by atoms with E-state index in [0.717, 1.165) is 5.56 Å². The Hall–Kier alpha value is -4.04. The zero-order valence-corrected chi connectivity index (χ0v) is 20.1. The minimum Gasteiger partial charge on any atom is -0.503 e. The molecule has 182 valence electrons. The molecule has 4 rings (SSSR count). The first-order chi connectivity index (χ1) is 16.9. The number of carbonyl (C=O) groups is 2. The first-order valence-corrected chi connectivity index (χ1v) is 11.1. The highest BCUT2D eigenvalue weighted by atomic mass is 16.5. The summed E-state index contributed by atoms with van der Waals surface area (Å²) in [6.45, 7) is 0.230. The van der Waals surface area contributed by atoms with E-state index in [1.807, 2.05) is 49.3 Å². The average molecular weight is 477 g/mol. The highest BCUT2D eigenvalue weighted by Gasteiger charge is 2.45. The van der Waals surface area contributed by atoms with Gasteiger partial charge in [0.2, 0.25) is 5.78 Å². The van der Waals surface area contributed by atoms with Gasteiger partial charge in [-0.3, -0.25) is 9.59 Å². The lowest BCUT2D eigenvalue weighted by atomic mass is 9.94. The third-order valence-electron chi connectivity index (χ3n) is 6.19. The number of aliphatic hydroxyl groups is 1. The van der Waals surface area contributed by atoms with Crippen LogP contribution in [-0.4, -0.2) is 61.5 Å². The second-order valence-corrected chi connectivity index (χ2v) is 8.43. The van der Waals surface area contributed by atoms with Crippen LogP contribution >= 0.6 is 0 Å². The van der Waals surface area contributed by atoms with Crippen LogP contribution in [0.15, 0.2) is 82.7 Å². The van der Waals surface area contributed by atoms with Gasteiger partial charge in [0.25, 0.3) is 5.91 Å². The summed E-state index contributed by atoms with van der Waals surface area (Å²) in [6.07, 6.45) is 1.38. The Morgan fingerprint density at radius 1 is 1.06 bits per heavy atom. The van der Waals surface area contributed by atoms with Crippen LogP contribution in [0.2, 0.25) is 0 Å².